The maximum Gasteiger partial charge on any atom is 0.0725 e. The van der Waals surface area contributed by atoms with Crippen LogP contribution in [0, 0.1) is 6.92 Å². The molecular weight excluding hydrogens is 196 g/mol. The fraction of sp³-hybridized carbons (Fsp3) is 0.0714. The van der Waals surface area contributed by atoms with Gasteiger partial charge in [0.2, 0.25) is 0 Å². The third kappa shape index (κ3) is 1.39. The smallest absolute Gasteiger partial charge is 0.0725 e. The largest absolute Gasteiger partial charge is 0.240 e. The Kier molecular flexibility index (Phi) is 2.00. The first-order chi connectivity index (χ1) is 7.84. The van der Waals surface area contributed by atoms with Crippen molar-refractivity contribution < 1.29 is 0 Å². The number of fused-ring (bicyclic) bond motifs is 1. The average molecular weight is 208 g/mol. The van der Waals surface area contributed by atoms with Crippen LogP contribution in [0.15, 0.2) is 54.7 Å². The molecule has 0 N–H and O–H groups in total. The van der Waals surface area contributed by atoms with Gasteiger partial charge in [0.15, 0.2) is 0 Å². The summed E-state index contributed by atoms with van der Waals surface area (Å²) in [7, 11) is 0. The minimum atomic E-state index is 1.03. The Morgan fingerprint density at radius 3 is 2.62 bits per heavy atom. The lowest BCUT2D eigenvalue weighted by Crippen LogP contribution is -1.94. The minimum Gasteiger partial charge on any atom is -0.240 e. The molecule has 0 spiro atoms. The van der Waals surface area contributed by atoms with Crippen molar-refractivity contribution in [3.63, 3.8) is 0 Å². The number of aromatic nitrogens is 2. The van der Waals surface area contributed by atoms with Crippen LogP contribution in [-0.4, -0.2) is 9.61 Å². The topological polar surface area (TPSA) is 17.3 Å². The van der Waals surface area contributed by atoms with Crippen LogP contribution in [0.25, 0.3) is 16.6 Å². The van der Waals surface area contributed by atoms with E-state index in [-0.39, 0.29) is 0 Å². The molecule has 78 valence electrons. The molecule has 0 aliphatic heterocycles. The minimum absolute atomic E-state index is 1.03. The van der Waals surface area contributed by atoms with Crippen LogP contribution in [-0.2, 0) is 0 Å². The van der Waals surface area contributed by atoms with Gasteiger partial charge in [-0.05, 0) is 30.7 Å². The van der Waals surface area contributed by atoms with Crippen molar-refractivity contribution in [2.75, 3.05) is 0 Å². The Hall–Kier alpha value is -2.09. The van der Waals surface area contributed by atoms with Crippen molar-refractivity contribution in [3.05, 3.63) is 60.4 Å². The van der Waals surface area contributed by atoms with Gasteiger partial charge in [-0.1, -0.05) is 30.3 Å². The molecule has 2 heteroatoms. The summed E-state index contributed by atoms with van der Waals surface area (Å²) >= 11 is 0. The Morgan fingerprint density at radius 1 is 1.00 bits per heavy atom. The molecule has 1 aromatic carbocycles. The predicted octanol–water partition coefficient (Wildman–Crippen LogP) is 3.31. The van der Waals surface area contributed by atoms with E-state index in [4.69, 9.17) is 0 Å². The van der Waals surface area contributed by atoms with Gasteiger partial charge >= 0.3 is 0 Å². The second kappa shape index (κ2) is 3.49. The number of rotatable bonds is 1. The number of aryl methyl sites for hydroxylation is 1. The Labute approximate surface area is 94.2 Å². The summed E-state index contributed by atoms with van der Waals surface area (Å²) in [5.74, 6) is 0. The number of hydrogen-bond donors (Lipinski definition) is 0. The van der Waals surface area contributed by atoms with Crippen molar-refractivity contribution in [2.45, 2.75) is 6.92 Å². The van der Waals surface area contributed by atoms with E-state index < -0.39 is 0 Å². The van der Waals surface area contributed by atoms with Crippen molar-refractivity contribution in [2.24, 2.45) is 0 Å². The first-order valence-corrected chi connectivity index (χ1v) is 5.35. The molecule has 16 heavy (non-hydrogen) atoms. The standard InChI is InChI=1S/C14H12N2/c1-11-10-13(12-6-3-2-4-7-12)14-8-5-9-16(14)15-11/h2-10H,1H3. The maximum atomic E-state index is 4.44. The van der Waals surface area contributed by atoms with E-state index in [1.807, 2.05) is 29.8 Å². The molecule has 0 aliphatic carbocycles. The third-order valence-electron chi connectivity index (χ3n) is 2.71. The van der Waals surface area contributed by atoms with Gasteiger partial charge in [0.1, 0.15) is 0 Å². The van der Waals surface area contributed by atoms with Crippen LogP contribution in [0.1, 0.15) is 5.69 Å². The molecule has 0 fully saturated rings. The SMILES string of the molecule is Cc1cc(-c2ccccc2)c2cccn2n1. The van der Waals surface area contributed by atoms with Crippen molar-refractivity contribution >= 4 is 5.52 Å². The monoisotopic (exact) mass is 208 g/mol. The van der Waals surface area contributed by atoms with Crippen LogP contribution in [0.4, 0.5) is 0 Å². The molecule has 0 aliphatic rings. The zero-order valence-electron chi connectivity index (χ0n) is 9.09. The summed E-state index contributed by atoms with van der Waals surface area (Å²) in [6.45, 7) is 2.02. The van der Waals surface area contributed by atoms with E-state index >= 15 is 0 Å². The van der Waals surface area contributed by atoms with E-state index in [1.165, 1.54) is 11.1 Å². The predicted molar refractivity (Wildman–Crippen MR) is 65.4 cm³/mol. The first-order valence-electron chi connectivity index (χ1n) is 5.35. The highest BCUT2D eigenvalue weighted by atomic mass is 15.2. The summed E-state index contributed by atoms with van der Waals surface area (Å²) in [4.78, 5) is 0. The molecule has 0 saturated heterocycles. The van der Waals surface area contributed by atoms with Crippen LogP contribution >= 0.6 is 0 Å². The lowest BCUT2D eigenvalue weighted by molar-refractivity contribution is 0.907. The van der Waals surface area contributed by atoms with E-state index in [1.54, 1.807) is 0 Å². The zero-order valence-corrected chi connectivity index (χ0v) is 9.09. The van der Waals surface area contributed by atoms with Crippen molar-refractivity contribution in [3.8, 4) is 11.1 Å². The number of nitrogens with zero attached hydrogens (tertiary/aromatic N) is 2. The van der Waals surface area contributed by atoms with Gasteiger partial charge in [-0.25, -0.2) is 4.52 Å². The summed E-state index contributed by atoms with van der Waals surface area (Å²) < 4.78 is 1.93. The van der Waals surface area contributed by atoms with E-state index in [0.29, 0.717) is 0 Å². The van der Waals surface area contributed by atoms with Crippen molar-refractivity contribution in [1.82, 2.24) is 9.61 Å². The van der Waals surface area contributed by atoms with Gasteiger partial charge in [-0.15, -0.1) is 0 Å². The highest BCUT2D eigenvalue weighted by Crippen LogP contribution is 2.24. The van der Waals surface area contributed by atoms with Crippen LogP contribution in [0.5, 0.6) is 0 Å². The molecule has 0 radical (unpaired) electrons. The molecular formula is C14H12N2. The van der Waals surface area contributed by atoms with Gasteiger partial charge in [-0.3, -0.25) is 0 Å². The molecule has 2 heterocycles. The quantitative estimate of drug-likeness (QED) is 0.599. The van der Waals surface area contributed by atoms with Crippen LogP contribution < -0.4 is 0 Å². The lowest BCUT2D eigenvalue weighted by Gasteiger charge is -2.06. The second-order valence-electron chi connectivity index (χ2n) is 3.90. The van der Waals surface area contributed by atoms with Gasteiger partial charge in [0.05, 0.1) is 11.2 Å². The summed E-state index contributed by atoms with van der Waals surface area (Å²) in [6.07, 6.45) is 1.98. The maximum absolute atomic E-state index is 4.44. The molecule has 0 unspecified atom stereocenters. The molecule has 0 saturated carbocycles. The fourth-order valence-corrected chi connectivity index (χ4v) is 2.00. The molecule has 2 aromatic heterocycles. The average Bonchev–Trinajstić information content (AvgIpc) is 2.77. The van der Waals surface area contributed by atoms with E-state index in [9.17, 15) is 0 Å². The fourth-order valence-electron chi connectivity index (χ4n) is 2.00. The normalized spacial score (nSPS) is 10.8. The van der Waals surface area contributed by atoms with Gasteiger partial charge in [0.25, 0.3) is 0 Å². The lowest BCUT2D eigenvalue weighted by atomic mass is 10.1. The highest BCUT2D eigenvalue weighted by molar-refractivity contribution is 5.80. The van der Waals surface area contributed by atoms with Gasteiger partial charge < -0.3 is 0 Å². The summed E-state index contributed by atoms with van der Waals surface area (Å²) in [6, 6.07) is 16.7. The molecule has 3 rings (SSSR count). The Bertz CT molecular complexity index is 624. The van der Waals surface area contributed by atoms with E-state index in [2.05, 4.69) is 41.5 Å². The Morgan fingerprint density at radius 2 is 1.81 bits per heavy atom. The first kappa shape index (κ1) is 9.16. The number of benzene rings is 1. The van der Waals surface area contributed by atoms with Crippen LogP contribution in [0.3, 0.4) is 0 Å². The summed E-state index contributed by atoms with van der Waals surface area (Å²) in [5, 5.41) is 4.44. The second-order valence-corrected chi connectivity index (χ2v) is 3.90. The summed E-state index contributed by atoms with van der Waals surface area (Å²) in [5.41, 5.74) is 4.65. The molecule has 0 bridgehead atoms. The van der Waals surface area contributed by atoms with Gasteiger partial charge in [0, 0.05) is 11.8 Å². The molecule has 0 amide bonds. The Balaban J connectivity index is 2.34. The highest BCUT2D eigenvalue weighted by Gasteiger charge is 2.05. The molecule has 2 nitrogen and oxygen atoms in total. The van der Waals surface area contributed by atoms with Crippen molar-refractivity contribution in [1.29, 1.82) is 0 Å². The third-order valence-corrected chi connectivity index (χ3v) is 2.71. The molecule has 3 aromatic rings. The van der Waals surface area contributed by atoms with E-state index in [0.717, 1.165) is 11.2 Å². The van der Waals surface area contributed by atoms with Crippen LogP contribution in [0.2, 0.25) is 0 Å². The zero-order chi connectivity index (χ0) is 11.0. The molecule has 0 atom stereocenters. The van der Waals surface area contributed by atoms with Gasteiger partial charge in [-0.2, -0.15) is 5.10 Å². The number of hydrogen-bond acceptors (Lipinski definition) is 1.